The molecule has 1 aromatic carbocycles. The van der Waals surface area contributed by atoms with E-state index in [2.05, 4.69) is 4.99 Å². The first-order valence-electron chi connectivity index (χ1n) is 9.51. The predicted octanol–water partition coefficient (Wildman–Crippen LogP) is 0.414. The molecule has 3 aliphatic rings. The lowest BCUT2D eigenvalue weighted by atomic mass is 10.2. The third-order valence-corrected chi connectivity index (χ3v) is 6.22. The number of urea groups is 1. The summed E-state index contributed by atoms with van der Waals surface area (Å²) in [5.41, 5.74) is 1.13. The fourth-order valence-electron chi connectivity index (χ4n) is 3.41. The van der Waals surface area contributed by atoms with E-state index >= 15 is 0 Å². The van der Waals surface area contributed by atoms with Crippen molar-refractivity contribution >= 4 is 27.8 Å². The number of sulfone groups is 1. The van der Waals surface area contributed by atoms with Crippen LogP contribution in [0.5, 0.6) is 0 Å². The molecule has 0 aliphatic carbocycles. The van der Waals surface area contributed by atoms with Crippen LogP contribution in [0.3, 0.4) is 0 Å². The number of morpholine rings is 1. The number of fused-ring (bicyclic) bond motifs is 1. The van der Waals surface area contributed by atoms with Crippen molar-refractivity contribution in [3.05, 3.63) is 41.8 Å². The van der Waals surface area contributed by atoms with Gasteiger partial charge in [0.1, 0.15) is 12.0 Å². The predicted molar refractivity (Wildman–Crippen MR) is 106 cm³/mol. The van der Waals surface area contributed by atoms with Crippen molar-refractivity contribution in [1.82, 2.24) is 14.7 Å². The van der Waals surface area contributed by atoms with Crippen molar-refractivity contribution < 1.29 is 27.5 Å². The van der Waals surface area contributed by atoms with Crippen LogP contribution in [0.2, 0.25) is 0 Å². The number of carbonyl (C=O) groups is 2. The lowest BCUT2D eigenvalue weighted by Gasteiger charge is -2.29. The van der Waals surface area contributed by atoms with Crippen LogP contribution in [0.15, 0.2) is 46.1 Å². The van der Waals surface area contributed by atoms with Crippen LogP contribution in [-0.2, 0) is 30.7 Å². The van der Waals surface area contributed by atoms with Gasteiger partial charge < -0.3 is 19.3 Å². The maximum Gasteiger partial charge on any atom is 0.348 e. The maximum atomic E-state index is 12.8. The summed E-state index contributed by atoms with van der Waals surface area (Å²) in [5.74, 6) is -0.180. The number of hydrogen-bond donors (Lipinski definition) is 0. The Labute approximate surface area is 174 Å². The molecule has 160 valence electrons. The largest absolute Gasteiger partial charge is 0.431 e. The number of amides is 3. The molecule has 10 nitrogen and oxygen atoms in total. The van der Waals surface area contributed by atoms with E-state index in [0.717, 1.165) is 11.8 Å². The molecular weight excluding hydrogens is 412 g/mol. The average molecular weight is 434 g/mol. The first-order chi connectivity index (χ1) is 14.3. The number of rotatable bonds is 4. The van der Waals surface area contributed by atoms with Crippen molar-refractivity contribution in [2.45, 2.75) is 11.4 Å². The Hall–Kier alpha value is -2.92. The maximum absolute atomic E-state index is 12.8. The fourth-order valence-corrected chi connectivity index (χ4v) is 4.04. The fraction of sp³-hybridized carbons (Fsp3) is 0.421. The summed E-state index contributed by atoms with van der Waals surface area (Å²) in [6.45, 7) is 2.95. The number of carbonyl (C=O) groups excluding carboxylic acids is 2. The number of aliphatic imine (C=N–C) groups is 1. The van der Waals surface area contributed by atoms with Crippen LogP contribution in [0.1, 0.15) is 5.56 Å². The molecule has 11 heteroatoms. The molecule has 0 radical (unpaired) electrons. The smallest absolute Gasteiger partial charge is 0.348 e. The van der Waals surface area contributed by atoms with Crippen molar-refractivity contribution in [3.8, 4) is 0 Å². The normalized spacial score (nSPS) is 19.6. The number of hydrogen-bond acceptors (Lipinski definition) is 7. The van der Waals surface area contributed by atoms with E-state index in [1.807, 2.05) is 0 Å². The molecule has 1 aromatic rings. The summed E-state index contributed by atoms with van der Waals surface area (Å²) >= 11 is 0. The number of amidine groups is 1. The van der Waals surface area contributed by atoms with Crippen LogP contribution in [0.25, 0.3) is 0 Å². The summed E-state index contributed by atoms with van der Waals surface area (Å²) in [7, 11) is -3.28. The Kier molecular flexibility index (Phi) is 5.48. The third-order valence-electron chi connectivity index (χ3n) is 5.10. The molecule has 3 aliphatic heterocycles. The first-order valence-corrected chi connectivity index (χ1v) is 11.4. The Morgan fingerprint density at radius 3 is 2.47 bits per heavy atom. The van der Waals surface area contributed by atoms with Gasteiger partial charge in [0.2, 0.25) is 0 Å². The van der Waals surface area contributed by atoms with Gasteiger partial charge in [-0.15, -0.1) is 4.99 Å². The molecule has 30 heavy (non-hydrogen) atoms. The average Bonchev–Trinajstić information content (AvgIpc) is 3.06. The van der Waals surface area contributed by atoms with Crippen LogP contribution in [0.4, 0.5) is 4.79 Å². The molecule has 0 N–H and O–H groups in total. The SMILES string of the molecule is CS(=O)(=O)c1ccc(CN2CCN3C(C(=O)N4CCOCC4)=COC3=NC2=O)cc1. The van der Waals surface area contributed by atoms with Crippen molar-refractivity contribution in [2.75, 3.05) is 45.6 Å². The van der Waals surface area contributed by atoms with Gasteiger partial charge in [0.05, 0.1) is 18.1 Å². The Balaban J connectivity index is 1.44. The second-order valence-electron chi connectivity index (χ2n) is 7.19. The highest BCUT2D eigenvalue weighted by Crippen LogP contribution is 2.22. The molecule has 3 heterocycles. The molecule has 4 rings (SSSR count). The summed E-state index contributed by atoms with van der Waals surface area (Å²) < 4.78 is 33.9. The molecular formula is C19H22N4O6S. The second kappa shape index (κ2) is 8.07. The van der Waals surface area contributed by atoms with E-state index in [1.54, 1.807) is 21.9 Å². The molecule has 0 atom stereocenters. The first kappa shape index (κ1) is 20.4. The zero-order valence-electron chi connectivity index (χ0n) is 16.5. The minimum atomic E-state index is -3.28. The number of ether oxygens (including phenoxy) is 2. The van der Waals surface area contributed by atoms with Gasteiger partial charge in [-0.05, 0) is 17.7 Å². The molecule has 0 spiro atoms. The van der Waals surface area contributed by atoms with Gasteiger partial charge in [-0.1, -0.05) is 12.1 Å². The van der Waals surface area contributed by atoms with Crippen LogP contribution in [0, 0.1) is 0 Å². The van der Waals surface area contributed by atoms with Crippen molar-refractivity contribution in [1.29, 1.82) is 0 Å². The van der Waals surface area contributed by atoms with Crippen LogP contribution < -0.4 is 0 Å². The quantitative estimate of drug-likeness (QED) is 0.675. The molecule has 3 amide bonds. The lowest BCUT2D eigenvalue weighted by molar-refractivity contribution is -0.132. The highest BCUT2D eigenvalue weighted by Gasteiger charge is 2.36. The van der Waals surface area contributed by atoms with E-state index in [9.17, 15) is 18.0 Å². The highest BCUT2D eigenvalue weighted by molar-refractivity contribution is 7.90. The van der Waals surface area contributed by atoms with Gasteiger partial charge in [-0.2, -0.15) is 0 Å². The van der Waals surface area contributed by atoms with Gasteiger partial charge in [-0.25, -0.2) is 13.2 Å². The van der Waals surface area contributed by atoms with Gasteiger partial charge in [-0.3, -0.25) is 9.69 Å². The summed E-state index contributed by atoms with van der Waals surface area (Å²) in [6.07, 6.45) is 2.48. The standard InChI is InChI=1S/C19H22N4O6S/c1-30(26,27)15-4-2-14(3-5-15)12-22-6-7-23-16(13-29-19(23)20-18(22)25)17(24)21-8-10-28-11-9-21/h2-5,13H,6-12H2,1H3. The zero-order valence-corrected chi connectivity index (χ0v) is 17.3. The Morgan fingerprint density at radius 2 is 1.80 bits per heavy atom. The monoisotopic (exact) mass is 434 g/mol. The molecule has 0 unspecified atom stereocenters. The molecule has 1 fully saturated rings. The second-order valence-corrected chi connectivity index (χ2v) is 9.21. The van der Waals surface area contributed by atoms with E-state index in [0.29, 0.717) is 45.1 Å². The van der Waals surface area contributed by atoms with E-state index < -0.39 is 15.9 Å². The lowest BCUT2D eigenvalue weighted by Crippen LogP contribution is -2.45. The minimum absolute atomic E-state index is 0.0894. The van der Waals surface area contributed by atoms with E-state index in [-0.39, 0.29) is 23.4 Å². The van der Waals surface area contributed by atoms with Gasteiger partial charge in [0, 0.05) is 39.0 Å². The van der Waals surface area contributed by atoms with Gasteiger partial charge in [0.15, 0.2) is 9.84 Å². The van der Waals surface area contributed by atoms with Gasteiger partial charge in [0.25, 0.3) is 5.91 Å². The summed E-state index contributed by atoms with van der Waals surface area (Å²) in [5, 5.41) is 0. The minimum Gasteiger partial charge on any atom is -0.431 e. The molecule has 0 bridgehead atoms. The number of nitrogens with zero attached hydrogens (tertiary/aromatic N) is 4. The summed E-state index contributed by atoms with van der Waals surface area (Å²) in [4.78, 5) is 34.4. The third kappa shape index (κ3) is 4.17. The van der Waals surface area contributed by atoms with Crippen LogP contribution >= 0.6 is 0 Å². The zero-order chi connectivity index (χ0) is 21.3. The Bertz CT molecular complexity index is 1010. The Morgan fingerprint density at radius 1 is 1.10 bits per heavy atom. The highest BCUT2D eigenvalue weighted by atomic mass is 32.2. The van der Waals surface area contributed by atoms with Crippen LogP contribution in [-0.4, -0.2) is 86.7 Å². The van der Waals surface area contributed by atoms with Crippen molar-refractivity contribution in [3.63, 3.8) is 0 Å². The number of benzene rings is 1. The van der Waals surface area contributed by atoms with Gasteiger partial charge >= 0.3 is 12.1 Å². The van der Waals surface area contributed by atoms with Crippen molar-refractivity contribution in [2.24, 2.45) is 4.99 Å². The van der Waals surface area contributed by atoms with E-state index in [4.69, 9.17) is 9.47 Å². The summed E-state index contributed by atoms with van der Waals surface area (Å²) in [6, 6.07) is 5.99. The molecule has 0 aromatic heterocycles. The topological polar surface area (TPSA) is 109 Å². The molecule has 0 saturated carbocycles. The van der Waals surface area contributed by atoms with E-state index in [1.165, 1.54) is 23.3 Å². The molecule has 1 saturated heterocycles.